The zero-order valence-electron chi connectivity index (χ0n) is 6.31. The minimum absolute atomic E-state index is 0.0804. The summed E-state index contributed by atoms with van der Waals surface area (Å²) in [6.07, 6.45) is 0. The van der Waals surface area contributed by atoms with Crippen LogP contribution >= 0.6 is 23.1 Å². The highest BCUT2D eigenvalue weighted by atomic mass is 35.5. The molecule has 1 heterocycles. The first kappa shape index (κ1) is 8.02. The molecule has 10 heavy (non-hydrogen) atoms. The molecule has 3 heteroatoms. The monoisotopic (exact) mass is 175 g/mol. The van der Waals surface area contributed by atoms with Gasteiger partial charge in [-0.1, -0.05) is 32.4 Å². The predicted octanol–water partition coefficient (Wildman–Crippen LogP) is 3.09. The third-order valence-electron chi connectivity index (χ3n) is 1.24. The van der Waals surface area contributed by atoms with E-state index in [1.165, 1.54) is 11.5 Å². The molecule has 0 aromatic carbocycles. The molecular weight excluding hydrogens is 166 g/mol. The first-order valence-corrected chi connectivity index (χ1v) is 4.33. The van der Waals surface area contributed by atoms with E-state index < -0.39 is 0 Å². The Morgan fingerprint density at radius 3 is 2.30 bits per heavy atom. The number of rotatable bonds is 0. The second-order valence-electron chi connectivity index (χ2n) is 3.26. The highest BCUT2D eigenvalue weighted by Crippen LogP contribution is 2.28. The molecule has 0 unspecified atom stereocenters. The first-order chi connectivity index (χ1) is 4.52. The van der Waals surface area contributed by atoms with Gasteiger partial charge in [0, 0.05) is 10.8 Å². The molecule has 0 aliphatic carbocycles. The van der Waals surface area contributed by atoms with Gasteiger partial charge >= 0.3 is 0 Å². The van der Waals surface area contributed by atoms with Crippen LogP contribution in [0.1, 0.15) is 26.5 Å². The van der Waals surface area contributed by atoms with Gasteiger partial charge in [0.05, 0.1) is 10.7 Å². The van der Waals surface area contributed by atoms with Crippen molar-refractivity contribution in [1.82, 2.24) is 4.37 Å². The van der Waals surface area contributed by atoms with Crippen molar-refractivity contribution in [3.05, 3.63) is 16.1 Å². The lowest BCUT2D eigenvalue weighted by molar-refractivity contribution is 0.576. The van der Waals surface area contributed by atoms with Gasteiger partial charge in [-0.25, -0.2) is 0 Å². The summed E-state index contributed by atoms with van der Waals surface area (Å²) in [5, 5.41) is 2.65. The lowest BCUT2D eigenvalue weighted by atomic mass is 9.93. The fraction of sp³-hybridized carbons (Fsp3) is 0.571. The van der Waals surface area contributed by atoms with Crippen LogP contribution in [0.3, 0.4) is 0 Å². The van der Waals surface area contributed by atoms with Crippen LogP contribution in [-0.4, -0.2) is 4.37 Å². The molecule has 0 saturated heterocycles. The molecule has 0 saturated carbocycles. The van der Waals surface area contributed by atoms with Gasteiger partial charge in [-0.15, -0.1) is 0 Å². The summed E-state index contributed by atoms with van der Waals surface area (Å²) in [5.41, 5.74) is 1.08. The molecule has 0 amide bonds. The highest BCUT2D eigenvalue weighted by Gasteiger charge is 2.19. The van der Waals surface area contributed by atoms with Gasteiger partial charge in [-0.3, -0.25) is 0 Å². The van der Waals surface area contributed by atoms with Crippen molar-refractivity contribution >= 4 is 23.1 Å². The average Bonchev–Trinajstić information content (AvgIpc) is 2.11. The Labute approximate surface area is 70.2 Å². The Hall–Kier alpha value is -0.0800. The van der Waals surface area contributed by atoms with Crippen LogP contribution in [0.5, 0.6) is 0 Å². The molecule has 0 fully saturated rings. The largest absolute Gasteiger partial charge is 0.196 e. The van der Waals surface area contributed by atoms with Crippen LogP contribution in [0, 0.1) is 0 Å². The summed E-state index contributed by atoms with van der Waals surface area (Å²) in [6, 6.07) is 0. The zero-order chi connectivity index (χ0) is 7.78. The number of hydrogen-bond donors (Lipinski definition) is 0. The molecule has 56 valence electrons. The zero-order valence-corrected chi connectivity index (χ0v) is 7.88. The second-order valence-corrected chi connectivity index (χ2v) is 4.30. The van der Waals surface area contributed by atoms with Gasteiger partial charge in [0.1, 0.15) is 0 Å². The third kappa shape index (κ3) is 1.50. The standard InChI is InChI=1S/C7H10ClNS/c1-7(2,3)6-5(8)4-10-9-6/h4H,1-3H3. The Bertz CT molecular complexity index is 224. The molecular formula is C7H10ClNS. The van der Waals surface area contributed by atoms with Crippen LogP contribution in [0.15, 0.2) is 5.38 Å². The van der Waals surface area contributed by atoms with E-state index >= 15 is 0 Å². The predicted molar refractivity (Wildman–Crippen MR) is 45.8 cm³/mol. The number of hydrogen-bond acceptors (Lipinski definition) is 2. The van der Waals surface area contributed by atoms with Crippen LogP contribution in [0.4, 0.5) is 0 Å². The van der Waals surface area contributed by atoms with Gasteiger partial charge in [0.2, 0.25) is 0 Å². The molecule has 1 aromatic rings. The number of halogens is 1. The Kier molecular flexibility index (Phi) is 2.02. The second kappa shape index (κ2) is 2.51. The third-order valence-corrected chi connectivity index (χ3v) is 2.28. The lowest BCUT2D eigenvalue weighted by Gasteiger charge is -2.14. The van der Waals surface area contributed by atoms with Crippen LogP contribution in [-0.2, 0) is 5.41 Å². The molecule has 1 nitrogen and oxygen atoms in total. The molecule has 1 rings (SSSR count). The topological polar surface area (TPSA) is 12.9 Å². The van der Waals surface area contributed by atoms with E-state index in [9.17, 15) is 0 Å². The molecule has 0 spiro atoms. The van der Waals surface area contributed by atoms with Gasteiger partial charge < -0.3 is 0 Å². The fourth-order valence-electron chi connectivity index (χ4n) is 0.720. The maximum Gasteiger partial charge on any atom is 0.0781 e. The molecule has 0 bridgehead atoms. The Morgan fingerprint density at radius 2 is 2.10 bits per heavy atom. The minimum Gasteiger partial charge on any atom is -0.196 e. The van der Waals surface area contributed by atoms with E-state index in [1.54, 1.807) is 0 Å². The van der Waals surface area contributed by atoms with Crippen molar-refractivity contribution in [3.8, 4) is 0 Å². The quantitative estimate of drug-likeness (QED) is 0.591. The Balaban J connectivity index is 3.05. The van der Waals surface area contributed by atoms with Crippen molar-refractivity contribution in [3.63, 3.8) is 0 Å². The first-order valence-electron chi connectivity index (χ1n) is 3.12. The maximum atomic E-state index is 5.87. The summed E-state index contributed by atoms with van der Waals surface area (Å²) in [6.45, 7) is 6.32. The molecule has 0 radical (unpaired) electrons. The maximum absolute atomic E-state index is 5.87. The lowest BCUT2D eigenvalue weighted by Crippen LogP contribution is -2.11. The Morgan fingerprint density at radius 1 is 1.50 bits per heavy atom. The summed E-state index contributed by atoms with van der Waals surface area (Å²) in [4.78, 5) is 0. The molecule has 0 aliphatic rings. The van der Waals surface area contributed by atoms with E-state index in [-0.39, 0.29) is 5.41 Å². The summed E-state index contributed by atoms with van der Waals surface area (Å²) in [7, 11) is 0. The van der Waals surface area contributed by atoms with Crippen molar-refractivity contribution in [1.29, 1.82) is 0 Å². The fourth-order valence-corrected chi connectivity index (χ4v) is 1.95. The molecule has 0 atom stereocenters. The smallest absolute Gasteiger partial charge is 0.0781 e. The molecule has 1 aromatic heterocycles. The molecule has 0 N–H and O–H groups in total. The van der Waals surface area contributed by atoms with Crippen molar-refractivity contribution in [2.24, 2.45) is 0 Å². The van der Waals surface area contributed by atoms with Crippen molar-refractivity contribution in [2.45, 2.75) is 26.2 Å². The van der Waals surface area contributed by atoms with Crippen LogP contribution in [0.2, 0.25) is 5.02 Å². The van der Waals surface area contributed by atoms with Gasteiger partial charge in [-0.2, -0.15) is 4.37 Å². The summed E-state index contributed by atoms with van der Waals surface area (Å²) >= 11 is 7.28. The van der Waals surface area contributed by atoms with Gasteiger partial charge in [0.25, 0.3) is 0 Å². The van der Waals surface area contributed by atoms with Crippen molar-refractivity contribution in [2.75, 3.05) is 0 Å². The summed E-state index contributed by atoms with van der Waals surface area (Å²) < 4.78 is 4.20. The van der Waals surface area contributed by atoms with E-state index in [2.05, 4.69) is 25.1 Å². The van der Waals surface area contributed by atoms with E-state index in [1.807, 2.05) is 5.38 Å². The normalized spacial score (nSPS) is 12.0. The van der Waals surface area contributed by atoms with E-state index in [0.29, 0.717) is 0 Å². The van der Waals surface area contributed by atoms with E-state index in [0.717, 1.165) is 10.7 Å². The SMILES string of the molecule is CC(C)(C)c1nscc1Cl. The molecule has 0 aliphatic heterocycles. The average molecular weight is 176 g/mol. The highest BCUT2D eigenvalue weighted by molar-refractivity contribution is 7.04. The van der Waals surface area contributed by atoms with Gasteiger partial charge in [0.15, 0.2) is 0 Å². The van der Waals surface area contributed by atoms with E-state index in [4.69, 9.17) is 11.6 Å². The number of aromatic nitrogens is 1. The number of nitrogens with zero attached hydrogens (tertiary/aromatic N) is 1. The van der Waals surface area contributed by atoms with Crippen LogP contribution in [0.25, 0.3) is 0 Å². The van der Waals surface area contributed by atoms with Gasteiger partial charge in [-0.05, 0) is 11.5 Å². The van der Waals surface area contributed by atoms with Crippen molar-refractivity contribution < 1.29 is 0 Å². The summed E-state index contributed by atoms with van der Waals surface area (Å²) in [5.74, 6) is 0. The minimum atomic E-state index is 0.0804. The van der Waals surface area contributed by atoms with Crippen LogP contribution < -0.4 is 0 Å².